The van der Waals surface area contributed by atoms with Gasteiger partial charge >= 0.3 is 17.9 Å². The van der Waals surface area contributed by atoms with Crippen molar-refractivity contribution < 1.29 is 47.7 Å². The maximum atomic E-state index is 13.8. The summed E-state index contributed by atoms with van der Waals surface area (Å²) in [6.45, 7) is 8.28. The molecule has 39 heavy (non-hydrogen) atoms. The van der Waals surface area contributed by atoms with Gasteiger partial charge in [-0.05, 0) is 23.8 Å². The summed E-state index contributed by atoms with van der Waals surface area (Å²) < 4.78 is 21.4. The number of carbonyl (C=O) groups is 5. The molecule has 1 saturated heterocycles. The van der Waals surface area contributed by atoms with Crippen LogP contribution in [0.15, 0.2) is 34.7 Å². The van der Waals surface area contributed by atoms with Crippen molar-refractivity contribution >= 4 is 29.5 Å². The zero-order valence-corrected chi connectivity index (χ0v) is 23.1. The van der Waals surface area contributed by atoms with E-state index in [1.54, 1.807) is 19.1 Å². The van der Waals surface area contributed by atoms with Crippen LogP contribution in [-0.4, -0.2) is 53.4 Å². The fourth-order valence-electron chi connectivity index (χ4n) is 6.97. The molecule has 10 nitrogen and oxygen atoms in total. The van der Waals surface area contributed by atoms with E-state index in [4.69, 9.17) is 18.6 Å². The highest BCUT2D eigenvalue weighted by atomic mass is 16.6. The molecule has 1 aromatic rings. The third kappa shape index (κ3) is 4.73. The number of hydrogen-bond acceptors (Lipinski definition) is 10. The molecule has 1 N–H and O–H groups in total. The minimum Gasteiger partial charge on any atom is -0.472 e. The van der Waals surface area contributed by atoms with Crippen molar-refractivity contribution in [1.82, 2.24) is 0 Å². The molecule has 0 spiro atoms. The van der Waals surface area contributed by atoms with Crippen LogP contribution < -0.4 is 0 Å². The summed E-state index contributed by atoms with van der Waals surface area (Å²) in [6.07, 6.45) is 1.89. The first-order valence-electron chi connectivity index (χ1n) is 13.1. The molecule has 1 saturated carbocycles. The fourth-order valence-corrected chi connectivity index (χ4v) is 6.97. The van der Waals surface area contributed by atoms with Crippen LogP contribution in [0.1, 0.15) is 72.0 Å². The van der Waals surface area contributed by atoms with Crippen LogP contribution in [0.25, 0.3) is 0 Å². The number of ether oxygens (including phenoxy) is 3. The summed E-state index contributed by atoms with van der Waals surface area (Å²) in [5.74, 6) is -5.14. The number of cyclic esters (lactones) is 1. The van der Waals surface area contributed by atoms with Gasteiger partial charge in [0, 0.05) is 48.2 Å². The minimum absolute atomic E-state index is 0.0134. The summed E-state index contributed by atoms with van der Waals surface area (Å²) in [4.78, 5) is 64.9. The lowest BCUT2D eigenvalue weighted by atomic mass is 9.52. The van der Waals surface area contributed by atoms with Crippen LogP contribution in [-0.2, 0) is 38.2 Å². The Morgan fingerprint density at radius 2 is 1.90 bits per heavy atom. The molecule has 7 unspecified atom stereocenters. The standard InChI is InChI=1S/C29H36O10/c1-15-19(11-22(32)36-6)27(3,4)13-18(24(15)34)26(38-16(2)30)29(35)20-12-23(33)39-25(17-8-10-37-14-17)28(20,5)9-7-21(29)31/h8,10,13-15,19-20,25-26,35H,7,9,11-12H2,1-6H3. The molecule has 10 heteroatoms. The van der Waals surface area contributed by atoms with Gasteiger partial charge in [-0.3, -0.25) is 24.0 Å². The highest BCUT2D eigenvalue weighted by Gasteiger charge is 2.67. The van der Waals surface area contributed by atoms with Gasteiger partial charge in [0.25, 0.3) is 0 Å². The largest absolute Gasteiger partial charge is 0.472 e. The second-order valence-electron chi connectivity index (χ2n) is 11.9. The highest BCUT2D eigenvalue weighted by molar-refractivity contribution is 6.02. The van der Waals surface area contributed by atoms with Gasteiger partial charge in [-0.25, -0.2) is 0 Å². The molecule has 2 fully saturated rings. The predicted octanol–water partition coefficient (Wildman–Crippen LogP) is 3.27. The molecule has 7 atom stereocenters. The van der Waals surface area contributed by atoms with E-state index in [9.17, 15) is 29.1 Å². The Morgan fingerprint density at radius 1 is 1.21 bits per heavy atom. The Morgan fingerprint density at radius 3 is 2.49 bits per heavy atom. The number of esters is 3. The second kappa shape index (κ2) is 10.0. The zero-order valence-electron chi connectivity index (χ0n) is 23.1. The quantitative estimate of drug-likeness (QED) is 0.418. The second-order valence-corrected chi connectivity index (χ2v) is 11.9. The number of carbonyl (C=O) groups excluding carboxylic acids is 5. The number of rotatable bonds is 6. The minimum atomic E-state index is -2.38. The Labute approximate surface area is 227 Å². The summed E-state index contributed by atoms with van der Waals surface area (Å²) in [5.41, 5.74) is -3.54. The molecule has 3 aliphatic rings. The lowest BCUT2D eigenvalue weighted by molar-refractivity contribution is -0.223. The third-order valence-electron chi connectivity index (χ3n) is 9.09. The molecular weight excluding hydrogens is 508 g/mol. The van der Waals surface area contributed by atoms with Crippen LogP contribution >= 0.6 is 0 Å². The number of hydrogen-bond donors (Lipinski definition) is 1. The monoisotopic (exact) mass is 544 g/mol. The molecule has 212 valence electrons. The van der Waals surface area contributed by atoms with Gasteiger partial charge < -0.3 is 23.7 Å². The number of Topliss-reactive ketones (excluding diaryl/α,β-unsaturated/α-hetero) is 2. The molecule has 1 aromatic heterocycles. The molecule has 0 bridgehead atoms. The van der Waals surface area contributed by atoms with Gasteiger partial charge in [0.05, 0.1) is 26.1 Å². The topological polar surface area (TPSA) is 146 Å². The maximum Gasteiger partial charge on any atom is 0.306 e. The third-order valence-corrected chi connectivity index (χ3v) is 9.09. The van der Waals surface area contributed by atoms with Crippen LogP contribution in [0.3, 0.4) is 0 Å². The Balaban J connectivity index is 1.86. The first kappa shape index (κ1) is 28.7. The molecule has 0 amide bonds. The Bertz CT molecular complexity index is 1210. The number of aliphatic hydroxyl groups is 1. The van der Waals surface area contributed by atoms with Crippen molar-refractivity contribution in [2.75, 3.05) is 7.11 Å². The van der Waals surface area contributed by atoms with Gasteiger partial charge in [-0.1, -0.05) is 33.8 Å². The van der Waals surface area contributed by atoms with E-state index < -0.39 is 75.9 Å². The molecule has 4 rings (SSSR count). The van der Waals surface area contributed by atoms with Crippen molar-refractivity contribution in [3.8, 4) is 0 Å². The number of methoxy groups -OCH3 is 1. The average molecular weight is 545 g/mol. The zero-order chi connectivity index (χ0) is 28.9. The predicted molar refractivity (Wildman–Crippen MR) is 135 cm³/mol. The molecule has 1 aliphatic heterocycles. The Kier molecular flexibility index (Phi) is 7.40. The van der Waals surface area contributed by atoms with E-state index in [0.717, 1.165) is 6.92 Å². The lowest BCUT2D eigenvalue weighted by Crippen LogP contribution is -2.67. The SMILES string of the molecule is COC(=O)CC1C(C)C(=O)C(C(OC(C)=O)C2(O)C(=O)CCC3(C)C(c4ccoc4)OC(=O)CC32)=CC1(C)C. The Hall–Kier alpha value is -3.27. The smallest absolute Gasteiger partial charge is 0.306 e. The van der Waals surface area contributed by atoms with Crippen LogP contribution in [0, 0.1) is 28.6 Å². The molecule has 0 radical (unpaired) electrons. The first-order chi connectivity index (χ1) is 18.2. The lowest BCUT2D eigenvalue weighted by Gasteiger charge is -2.56. The van der Waals surface area contributed by atoms with E-state index in [0.29, 0.717) is 12.0 Å². The number of ketones is 2. The summed E-state index contributed by atoms with van der Waals surface area (Å²) in [7, 11) is 1.27. The first-order valence-corrected chi connectivity index (χ1v) is 13.1. The summed E-state index contributed by atoms with van der Waals surface area (Å²) >= 11 is 0. The maximum absolute atomic E-state index is 13.8. The molecular formula is C29H36O10. The number of fused-ring (bicyclic) bond motifs is 1. The highest BCUT2D eigenvalue weighted by Crippen LogP contribution is 2.59. The molecule has 2 aliphatic carbocycles. The van der Waals surface area contributed by atoms with E-state index in [1.165, 1.54) is 19.6 Å². The summed E-state index contributed by atoms with van der Waals surface area (Å²) in [6, 6.07) is 1.66. The van der Waals surface area contributed by atoms with Gasteiger partial charge in [0.2, 0.25) is 0 Å². The van der Waals surface area contributed by atoms with Gasteiger partial charge in [-0.15, -0.1) is 0 Å². The van der Waals surface area contributed by atoms with Crippen LogP contribution in [0.2, 0.25) is 0 Å². The molecule has 0 aromatic carbocycles. The van der Waals surface area contributed by atoms with Crippen molar-refractivity contribution in [3.05, 3.63) is 35.8 Å². The van der Waals surface area contributed by atoms with E-state index in [-0.39, 0.29) is 24.8 Å². The summed E-state index contributed by atoms with van der Waals surface area (Å²) in [5, 5.41) is 12.4. The van der Waals surface area contributed by atoms with Crippen LogP contribution in [0.4, 0.5) is 0 Å². The van der Waals surface area contributed by atoms with Gasteiger partial charge in [-0.2, -0.15) is 0 Å². The van der Waals surface area contributed by atoms with E-state index in [2.05, 4.69) is 0 Å². The normalized spacial score (nSPS) is 34.8. The molecule has 2 heterocycles. The number of allylic oxidation sites excluding steroid dienone is 1. The van der Waals surface area contributed by atoms with E-state index in [1.807, 2.05) is 20.8 Å². The van der Waals surface area contributed by atoms with Crippen LogP contribution in [0.5, 0.6) is 0 Å². The average Bonchev–Trinajstić information content (AvgIpc) is 3.40. The van der Waals surface area contributed by atoms with Gasteiger partial charge in [0.1, 0.15) is 6.10 Å². The van der Waals surface area contributed by atoms with Crippen molar-refractivity contribution in [1.29, 1.82) is 0 Å². The fraction of sp³-hybridized carbons (Fsp3) is 0.621. The van der Waals surface area contributed by atoms with Crippen molar-refractivity contribution in [2.45, 2.75) is 78.1 Å². The van der Waals surface area contributed by atoms with Crippen molar-refractivity contribution in [3.63, 3.8) is 0 Å². The van der Waals surface area contributed by atoms with Gasteiger partial charge in [0.15, 0.2) is 23.3 Å². The van der Waals surface area contributed by atoms with Crippen molar-refractivity contribution in [2.24, 2.45) is 28.6 Å². The number of furan rings is 1. The van der Waals surface area contributed by atoms with E-state index >= 15 is 0 Å².